The quantitative estimate of drug-likeness (QED) is 0.752. The molecule has 0 aliphatic rings. The predicted molar refractivity (Wildman–Crippen MR) is 75.2 cm³/mol. The molecule has 0 saturated heterocycles. The fraction of sp³-hybridized carbons (Fsp3) is 0.692. The van der Waals surface area contributed by atoms with E-state index in [2.05, 4.69) is 29.0 Å². The van der Waals surface area contributed by atoms with Crippen molar-refractivity contribution in [3.8, 4) is 0 Å². The van der Waals surface area contributed by atoms with Crippen LogP contribution in [0.2, 0.25) is 0 Å². The summed E-state index contributed by atoms with van der Waals surface area (Å²) in [5.74, 6) is 0.572. The fourth-order valence-electron chi connectivity index (χ4n) is 1.91. The van der Waals surface area contributed by atoms with Crippen LogP contribution in [0.5, 0.6) is 0 Å². The third-order valence-electron chi connectivity index (χ3n) is 2.78. The van der Waals surface area contributed by atoms with Gasteiger partial charge in [-0.25, -0.2) is 4.98 Å². The van der Waals surface area contributed by atoms with Crippen LogP contribution in [0.3, 0.4) is 0 Å². The monoisotopic (exact) mass is 252 g/mol. The minimum atomic E-state index is 0.0175. The van der Waals surface area contributed by atoms with Gasteiger partial charge in [-0.2, -0.15) is 0 Å². The first kappa shape index (κ1) is 14.7. The van der Waals surface area contributed by atoms with E-state index in [1.54, 1.807) is 17.0 Å². The molecule has 0 spiro atoms. The van der Waals surface area contributed by atoms with E-state index >= 15 is 0 Å². The van der Waals surface area contributed by atoms with Gasteiger partial charge in [-0.15, -0.1) is 0 Å². The van der Waals surface area contributed by atoms with E-state index in [9.17, 15) is 4.79 Å². The Kier molecular flexibility index (Phi) is 6.43. The Morgan fingerprint density at radius 2 is 2.11 bits per heavy atom. The molecule has 5 heteroatoms. The van der Waals surface area contributed by atoms with Crippen LogP contribution < -0.4 is 15.8 Å². The fourth-order valence-corrected chi connectivity index (χ4v) is 1.91. The summed E-state index contributed by atoms with van der Waals surface area (Å²) in [6.45, 7) is 7.45. The number of aryl methyl sites for hydroxylation is 1. The molecule has 1 N–H and O–H groups in total. The molecule has 102 valence electrons. The van der Waals surface area contributed by atoms with E-state index in [-0.39, 0.29) is 5.56 Å². The molecule has 5 nitrogen and oxygen atoms in total. The van der Waals surface area contributed by atoms with E-state index < -0.39 is 0 Å². The summed E-state index contributed by atoms with van der Waals surface area (Å²) >= 11 is 0. The average molecular weight is 252 g/mol. The second kappa shape index (κ2) is 7.87. The minimum absolute atomic E-state index is 0.0175. The molecule has 0 bridgehead atoms. The number of nitrogens with one attached hydrogen (secondary N) is 1. The van der Waals surface area contributed by atoms with Gasteiger partial charge in [-0.1, -0.05) is 13.8 Å². The number of hydrogen-bond acceptors (Lipinski definition) is 4. The van der Waals surface area contributed by atoms with Crippen molar-refractivity contribution in [2.24, 2.45) is 0 Å². The maximum absolute atomic E-state index is 12.3. The van der Waals surface area contributed by atoms with Gasteiger partial charge in [-0.05, 0) is 19.9 Å². The second-order valence-electron chi connectivity index (χ2n) is 4.34. The highest BCUT2D eigenvalue weighted by Gasteiger charge is 2.12. The first-order valence-corrected chi connectivity index (χ1v) is 6.69. The van der Waals surface area contributed by atoms with Gasteiger partial charge in [0.15, 0.2) is 5.82 Å². The van der Waals surface area contributed by atoms with Crippen molar-refractivity contribution in [2.45, 2.75) is 33.2 Å². The molecule has 18 heavy (non-hydrogen) atoms. The molecule has 1 rings (SSSR count). The molecule has 0 saturated carbocycles. The SMILES string of the molecule is CCCN(CCNC)c1nccn(CCC)c1=O. The average Bonchev–Trinajstić information content (AvgIpc) is 2.38. The van der Waals surface area contributed by atoms with E-state index in [1.165, 1.54) is 0 Å². The van der Waals surface area contributed by atoms with Gasteiger partial charge in [0, 0.05) is 38.6 Å². The first-order chi connectivity index (χ1) is 8.74. The van der Waals surface area contributed by atoms with Crippen molar-refractivity contribution in [2.75, 3.05) is 31.6 Å². The van der Waals surface area contributed by atoms with Gasteiger partial charge in [0.1, 0.15) is 0 Å². The molecule has 1 aromatic heterocycles. The van der Waals surface area contributed by atoms with Gasteiger partial charge in [0.2, 0.25) is 0 Å². The van der Waals surface area contributed by atoms with E-state index in [0.717, 1.165) is 39.0 Å². The zero-order chi connectivity index (χ0) is 13.4. The zero-order valence-electron chi connectivity index (χ0n) is 11.6. The van der Waals surface area contributed by atoms with Crippen molar-refractivity contribution in [3.05, 3.63) is 22.7 Å². The van der Waals surface area contributed by atoms with Gasteiger partial charge in [-0.3, -0.25) is 4.79 Å². The van der Waals surface area contributed by atoms with Crippen LogP contribution >= 0.6 is 0 Å². The number of nitrogens with zero attached hydrogens (tertiary/aromatic N) is 3. The summed E-state index contributed by atoms with van der Waals surface area (Å²) < 4.78 is 1.74. The number of rotatable bonds is 8. The standard InChI is InChI=1S/C13H24N4O/c1-4-8-16(10-6-14-3)12-13(18)17(9-5-2)11-7-15-12/h7,11,14H,4-6,8-10H2,1-3H3. The predicted octanol–water partition coefficient (Wildman–Crippen LogP) is 1.09. The topological polar surface area (TPSA) is 50.2 Å². The van der Waals surface area contributed by atoms with Crippen LogP contribution in [0.1, 0.15) is 26.7 Å². The lowest BCUT2D eigenvalue weighted by atomic mass is 10.3. The van der Waals surface area contributed by atoms with Gasteiger partial charge < -0.3 is 14.8 Å². The molecule has 1 aromatic rings. The number of aromatic nitrogens is 2. The van der Waals surface area contributed by atoms with Crippen LogP contribution in [0.15, 0.2) is 17.2 Å². The Labute approximate surface area is 109 Å². The number of hydrogen-bond donors (Lipinski definition) is 1. The molecular weight excluding hydrogens is 228 g/mol. The van der Waals surface area contributed by atoms with Gasteiger partial charge in [0.25, 0.3) is 5.56 Å². The molecule has 0 aliphatic carbocycles. The van der Waals surface area contributed by atoms with E-state index in [4.69, 9.17) is 0 Å². The Balaban J connectivity index is 2.96. The smallest absolute Gasteiger partial charge is 0.293 e. The minimum Gasteiger partial charge on any atom is -0.351 e. The van der Waals surface area contributed by atoms with Crippen LogP contribution in [-0.2, 0) is 6.54 Å². The summed E-state index contributed by atoms with van der Waals surface area (Å²) in [5, 5.41) is 3.11. The summed E-state index contributed by atoms with van der Waals surface area (Å²) in [6.07, 6.45) is 5.44. The molecule has 0 aromatic carbocycles. The van der Waals surface area contributed by atoms with E-state index in [0.29, 0.717) is 5.82 Å². The van der Waals surface area contributed by atoms with Crippen molar-refractivity contribution in [1.29, 1.82) is 0 Å². The van der Waals surface area contributed by atoms with Gasteiger partial charge in [0.05, 0.1) is 0 Å². The maximum Gasteiger partial charge on any atom is 0.293 e. The Morgan fingerprint density at radius 3 is 2.72 bits per heavy atom. The molecule has 0 aliphatic heterocycles. The van der Waals surface area contributed by atoms with Crippen LogP contribution in [0.25, 0.3) is 0 Å². The number of anilines is 1. The Hall–Kier alpha value is -1.36. The van der Waals surface area contributed by atoms with Crippen molar-refractivity contribution in [3.63, 3.8) is 0 Å². The molecule has 0 amide bonds. The van der Waals surface area contributed by atoms with Crippen molar-refractivity contribution < 1.29 is 0 Å². The highest BCUT2D eigenvalue weighted by Crippen LogP contribution is 2.04. The molecule has 0 atom stereocenters. The molecular formula is C13H24N4O. The van der Waals surface area contributed by atoms with Gasteiger partial charge >= 0.3 is 0 Å². The van der Waals surface area contributed by atoms with Crippen molar-refractivity contribution in [1.82, 2.24) is 14.9 Å². The lowest BCUT2D eigenvalue weighted by Crippen LogP contribution is -2.37. The Morgan fingerprint density at radius 1 is 1.33 bits per heavy atom. The van der Waals surface area contributed by atoms with Crippen molar-refractivity contribution >= 4 is 5.82 Å². The third kappa shape index (κ3) is 3.84. The summed E-state index contributed by atoms with van der Waals surface area (Å²) in [4.78, 5) is 18.6. The summed E-state index contributed by atoms with van der Waals surface area (Å²) in [7, 11) is 1.91. The van der Waals surface area contributed by atoms with Crippen LogP contribution in [0.4, 0.5) is 5.82 Å². The Bertz CT molecular complexity index is 402. The highest BCUT2D eigenvalue weighted by molar-refractivity contribution is 5.35. The highest BCUT2D eigenvalue weighted by atomic mass is 16.1. The molecule has 1 heterocycles. The summed E-state index contributed by atoms with van der Waals surface area (Å²) in [5.41, 5.74) is 0.0175. The third-order valence-corrected chi connectivity index (χ3v) is 2.78. The molecule has 0 unspecified atom stereocenters. The lowest BCUT2D eigenvalue weighted by molar-refractivity contribution is 0.634. The van der Waals surface area contributed by atoms with E-state index in [1.807, 2.05) is 7.05 Å². The summed E-state index contributed by atoms with van der Waals surface area (Å²) in [6, 6.07) is 0. The lowest BCUT2D eigenvalue weighted by Gasteiger charge is -2.22. The second-order valence-corrected chi connectivity index (χ2v) is 4.34. The first-order valence-electron chi connectivity index (χ1n) is 6.69. The zero-order valence-corrected chi connectivity index (χ0v) is 11.6. The largest absolute Gasteiger partial charge is 0.351 e. The van der Waals surface area contributed by atoms with Crippen LogP contribution in [0, 0.1) is 0 Å². The molecule has 0 fully saturated rings. The normalized spacial score (nSPS) is 10.6. The van der Waals surface area contributed by atoms with Crippen LogP contribution in [-0.4, -0.2) is 36.2 Å². The maximum atomic E-state index is 12.3. The molecule has 0 radical (unpaired) electrons. The number of likely N-dealkylation sites (N-methyl/N-ethyl adjacent to an activating group) is 1.